The van der Waals surface area contributed by atoms with Crippen molar-refractivity contribution in [3.05, 3.63) is 30.4 Å². The van der Waals surface area contributed by atoms with Gasteiger partial charge in [-0.3, -0.25) is 4.79 Å². The molecule has 0 aromatic carbocycles. The van der Waals surface area contributed by atoms with Crippen LogP contribution in [0.4, 0.5) is 0 Å². The minimum Gasteiger partial charge on any atom is -0.481 e. The van der Waals surface area contributed by atoms with Crippen LogP contribution >= 0.6 is 0 Å². The van der Waals surface area contributed by atoms with Crippen molar-refractivity contribution in [2.24, 2.45) is 17.6 Å². The van der Waals surface area contributed by atoms with Gasteiger partial charge in [0.15, 0.2) is 11.2 Å². The number of nitrogens with zero attached hydrogens (tertiary/aromatic N) is 6. The Morgan fingerprint density at radius 2 is 2.19 bits per heavy atom. The molecule has 9 nitrogen and oxygen atoms in total. The molecule has 2 atom stereocenters. The SMILES string of the molecule is COc1ccc(-n2nnc3cnc(C[C@@H]4CC[C@@H](C(N)=O)C4)nc32)cn1. The molecular weight excluding hydrogens is 334 g/mol. The molecule has 3 aromatic heterocycles. The molecule has 1 saturated carbocycles. The molecule has 0 aliphatic heterocycles. The predicted molar refractivity (Wildman–Crippen MR) is 92.5 cm³/mol. The number of hydrogen-bond acceptors (Lipinski definition) is 7. The van der Waals surface area contributed by atoms with Gasteiger partial charge in [-0.25, -0.2) is 15.0 Å². The largest absolute Gasteiger partial charge is 0.481 e. The van der Waals surface area contributed by atoms with E-state index in [4.69, 9.17) is 10.5 Å². The monoisotopic (exact) mass is 353 g/mol. The highest BCUT2D eigenvalue weighted by Crippen LogP contribution is 2.32. The van der Waals surface area contributed by atoms with Gasteiger partial charge in [0.1, 0.15) is 5.82 Å². The Morgan fingerprint density at radius 3 is 2.88 bits per heavy atom. The molecular formula is C17H19N7O2. The molecule has 0 unspecified atom stereocenters. The Hall–Kier alpha value is -3.10. The minimum absolute atomic E-state index is 0.0266. The summed E-state index contributed by atoms with van der Waals surface area (Å²) in [7, 11) is 1.57. The van der Waals surface area contributed by atoms with Crippen LogP contribution in [0.3, 0.4) is 0 Å². The molecule has 3 aromatic rings. The standard InChI is InChI=1S/C17H19N7O2/c1-26-15-5-4-12(8-20-15)24-17-13(22-23-24)9-19-14(21-17)7-10-2-3-11(6-10)16(18)25/h4-5,8-11H,2-3,6-7H2,1H3,(H2,18,25)/t10-,11-/m1/s1. The number of carbonyl (C=O) groups excluding carboxylic acids is 1. The number of amides is 1. The number of carbonyl (C=O) groups is 1. The van der Waals surface area contributed by atoms with E-state index < -0.39 is 0 Å². The lowest BCUT2D eigenvalue weighted by Crippen LogP contribution is -2.21. The van der Waals surface area contributed by atoms with E-state index in [1.807, 2.05) is 6.07 Å². The first-order valence-electron chi connectivity index (χ1n) is 8.51. The van der Waals surface area contributed by atoms with E-state index in [-0.39, 0.29) is 11.8 Å². The Labute approximate surface area is 149 Å². The zero-order valence-electron chi connectivity index (χ0n) is 14.4. The van der Waals surface area contributed by atoms with Gasteiger partial charge in [0, 0.05) is 18.4 Å². The van der Waals surface area contributed by atoms with Crippen LogP contribution in [0.5, 0.6) is 5.88 Å². The first-order chi connectivity index (χ1) is 12.6. The third-order valence-corrected chi connectivity index (χ3v) is 4.83. The van der Waals surface area contributed by atoms with Crippen LogP contribution in [0.2, 0.25) is 0 Å². The third-order valence-electron chi connectivity index (χ3n) is 4.83. The maximum absolute atomic E-state index is 11.3. The lowest BCUT2D eigenvalue weighted by Gasteiger charge is -2.08. The van der Waals surface area contributed by atoms with Crippen molar-refractivity contribution in [2.75, 3.05) is 7.11 Å². The van der Waals surface area contributed by atoms with Gasteiger partial charge in [-0.15, -0.1) is 5.10 Å². The molecule has 4 rings (SSSR count). The van der Waals surface area contributed by atoms with E-state index in [0.29, 0.717) is 29.4 Å². The van der Waals surface area contributed by atoms with Gasteiger partial charge < -0.3 is 10.5 Å². The quantitative estimate of drug-likeness (QED) is 0.727. The number of nitrogens with two attached hydrogens (primary N) is 1. The molecule has 1 amide bonds. The lowest BCUT2D eigenvalue weighted by atomic mass is 10.0. The van der Waals surface area contributed by atoms with Crippen LogP contribution in [-0.4, -0.2) is 43.0 Å². The highest BCUT2D eigenvalue weighted by Gasteiger charge is 2.29. The van der Waals surface area contributed by atoms with Gasteiger partial charge in [0.05, 0.1) is 25.2 Å². The van der Waals surface area contributed by atoms with Crippen molar-refractivity contribution in [2.45, 2.75) is 25.7 Å². The van der Waals surface area contributed by atoms with E-state index in [2.05, 4.69) is 25.3 Å². The van der Waals surface area contributed by atoms with Crippen molar-refractivity contribution in [1.82, 2.24) is 29.9 Å². The second kappa shape index (κ2) is 6.66. The summed E-state index contributed by atoms with van der Waals surface area (Å²) in [5, 5.41) is 8.26. The number of aromatic nitrogens is 6. The van der Waals surface area contributed by atoms with Gasteiger partial charge in [0.2, 0.25) is 11.8 Å². The molecule has 1 aliphatic carbocycles. The summed E-state index contributed by atoms with van der Waals surface area (Å²) in [5.74, 6) is 1.38. The average molecular weight is 353 g/mol. The van der Waals surface area contributed by atoms with E-state index in [0.717, 1.165) is 30.8 Å². The molecule has 9 heteroatoms. The number of ether oxygens (including phenoxy) is 1. The Bertz CT molecular complexity index is 938. The van der Waals surface area contributed by atoms with Crippen molar-refractivity contribution in [3.8, 4) is 11.6 Å². The third kappa shape index (κ3) is 3.07. The van der Waals surface area contributed by atoms with Gasteiger partial charge in [0.25, 0.3) is 0 Å². The van der Waals surface area contributed by atoms with Gasteiger partial charge in [-0.2, -0.15) is 4.68 Å². The summed E-state index contributed by atoms with van der Waals surface area (Å²) in [4.78, 5) is 24.6. The van der Waals surface area contributed by atoms with Crippen molar-refractivity contribution >= 4 is 17.1 Å². The number of rotatable bonds is 5. The number of fused-ring (bicyclic) bond motifs is 1. The van der Waals surface area contributed by atoms with Crippen LogP contribution in [0.15, 0.2) is 24.5 Å². The molecule has 2 N–H and O–H groups in total. The normalized spacial score (nSPS) is 19.7. The van der Waals surface area contributed by atoms with Crippen LogP contribution in [-0.2, 0) is 11.2 Å². The molecule has 0 bridgehead atoms. The number of hydrogen-bond donors (Lipinski definition) is 1. The van der Waals surface area contributed by atoms with Gasteiger partial charge in [-0.05, 0) is 31.2 Å². The summed E-state index contributed by atoms with van der Waals surface area (Å²) in [6.07, 6.45) is 6.67. The Kier molecular flexibility index (Phi) is 4.19. The number of pyridine rings is 1. The summed E-state index contributed by atoms with van der Waals surface area (Å²) >= 11 is 0. The fourth-order valence-electron chi connectivity index (χ4n) is 3.43. The van der Waals surface area contributed by atoms with E-state index in [1.165, 1.54) is 0 Å². The van der Waals surface area contributed by atoms with Crippen LogP contribution < -0.4 is 10.5 Å². The first kappa shape index (κ1) is 16.4. The average Bonchev–Trinajstić information content (AvgIpc) is 3.29. The van der Waals surface area contributed by atoms with E-state index in [9.17, 15) is 4.79 Å². The zero-order valence-corrected chi connectivity index (χ0v) is 14.4. The van der Waals surface area contributed by atoms with Crippen molar-refractivity contribution in [1.29, 1.82) is 0 Å². The summed E-state index contributed by atoms with van der Waals surface area (Å²) in [5.41, 5.74) is 7.40. The second-order valence-electron chi connectivity index (χ2n) is 6.54. The lowest BCUT2D eigenvalue weighted by molar-refractivity contribution is -0.121. The predicted octanol–water partition coefficient (Wildman–Crippen LogP) is 1.06. The second-order valence-corrected chi connectivity index (χ2v) is 6.54. The van der Waals surface area contributed by atoms with Crippen LogP contribution in [0.1, 0.15) is 25.1 Å². The number of methoxy groups -OCH3 is 1. The highest BCUT2D eigenvalue weighted by atomic mass is 16.5. The molecule has 3 heterocycles. The van der Waals surface area contributed by atoms with E-state index >= 15 is 0 Å². The van der Waals surface area contributed by atoms with Crippen LogP contribution in [0, 0.1) is 11.8 Å². The molecule has 134 valence electrons. The molecule has 0 saturated heterocycles. The summed E-state index contributed by atoms with van der Waals surface area (Å²) < 4.78 is 6.71. The molecule has 0 spiro atoms. The summed E-state index contributed by atoms with van der Waals surface area (Å²) in [6.45, 7) is 0. The molecule has 26 heavy (non-hydrogen) atoms. The number of primary amides is 1. The maximum Gasteiger partial charge on any atom is 0.220 e. The zero-order chi connectivity index (χ0) is 18.1. The van der Waals surface area contributed by atoms with Crippen LogP contribution in [0.25, 0.3) is 16.9 Å². The first-order valence-corrected chi connectivity index (χ1v) is 8.51. The molecule has 0 radical (unpaired) electrons. The Morgan fingerprint density at radius 1 is 1.31 bits per heavy atom. The topological polar surface area (TPSA) is 122 Å². The van der Waals surface area contributed by atoms with Crippen molar-refractivity contribution in [3.63, 3.8) is 0 Å². The smallest absolute Gasteiger partial charge is 0.220 e. The minimum atomic E-state index is -0.210. The fraction of sp³-hybridized carbons (Fsp3) is 0.412. The molecule has 1 aliphatic rings. The fourth-order valence-corrected chi connectivity index (χ4v) is 3.43. The van der Waals surface area contributed by atoms with Gasteiger partial charge >= 0.3 is 0 Å². The Balaban J connectivity index is 1.59. The molecule has 1 fully saturated rings. The van der Waals surface area contributed by atoms with E-state index in [1.54, 1.807) is 30.3 Å². The summed E-state index contributed by atoms with van der Waals surface area (Å²) in [6, 6.07) is 3.60. The van der Waals surface area contributed by atoms with Crippen molar-refractivity contribution < 1.29 is 9.53 Å². The highest BCUT2D eigenvalue weighted by molar-refractivity contribution is 5.76. The van der Waals surface area contributed by atoms with Gasteiger partial charge in [-0.1, -0.05) is 5.21 Å². The maximum atomic E-state index is 11.3.